The molecule has 1 aliphatic rings. The molecule has 116 valence electrons. The normalized spacial score (nSPS) is 25.1. The summed E-state index contributed by atoms with van der Waals surface area (Å²) in [4.78, 5) is 24.9. The highest BCUT2D eigenvalue weighted by Gasteiger charge is 2.29. The molecular weight excluding hydrogens is 260 g/mol. The number of hydrogen-bond acceptors (Lipinski definition) is 3. The predicted octanol–water partition coefficient (Wildman–Crippen LogP) is 1.43. The Labute approximate surface area is 120 Å². The minimum absolute atomic E-state index is 0.196. The highest BCUT2D eigenvalue weighted by molar-refractivity contribution is 5.82. The van der Waals surface area contributed by atoms with E-state index in [2.05, 4.69) is 5.32 Å². The average Bonchev–Trinajstić information content (AvgIpc) is 2.48. The summed E-state index contributed by atoms with van der Waals surface area (Å²) < 4.78 is 0. The van der Waals surface area contributed by atoms with E-state index in [1.165, 1.54) is 0 Å². The van der Waals surface area contributed by atoms with Gasteiger partial charge in [0, 0.05) is 13.1 Å². The van der Waals surface area contributed by atoms with E-state index in [0.29, 0.717) is 32.4 Å². The molecule has 1 aliphatic heterocycles. The number of hydrogen-bond donors (Lipinski definition) is 3. The molecule has 1 unspecified atom stereocenters. The number of carboxylic acids is 1. The minimum atomic E-state index is -1.01. The number of rotatable bonds is 4. The van der Waals surface area contributed by atoms with Gasteiger partial charge in [0.05, 0.1) is 5.60 Å². The summed E-state index contributed by atoms with van der Waals surface area (Å²) in [5.74, 6) is -0.810. The molecule has 0 spiro atoms. The Hall–Kier alpha value is -1.30. The monoisotopic (exact) mass is 286 g/mol. The molecule has 0 bridgehead atoms. The summed E-state index contributed by atoms with van der Waals surface area (Å²) in [6.45, 7) is 6.62. The van der Waals surface area contributed by atoms with Crippen molar-refractivity contribution in [3.8, 4) is 0 Å². The van der Waals surface area contributed by atoms with E-state index in [1.807, 2.05) is 13.8 Å². The first-order valence-electron chi connectivity index (χ1n) is 7.22. The Morgan fingerprint density at radius 2 is 1.95 bits per heavy atom. The van der Waals surface area contributed by atoms with Crippen LogP contribution >= 0.6 is 0 Å². The molecule has 0 aromatic carbocycles. The molecule has 1 saturated heterocycles. The Morgan fingerprint density at radius 1 is 1.30 bits per heavy atom. The minimum Gasteiger partial charge on any atom is -0.480 e. The molecule has 2 amide bonds. The molecule has 1 rings (SSSR count). The number of nitrogens with one attached hydrogen (secondary N) is 1. The molecule has 0 saturated carbocycles. The maximum Gasteiger partial charge on any atom is 0.326 e. The summed E-state index contributed by atoms with van der Waals surface area (Å²) in [5.41, 5.74) is -0.737. The van der Waals surface area contributed by atoms with Gasteiger partial charge < -0.3 is 20.4 Å². The second kappa shape index (κ2) is 6.92. The molecule has 20 heavy (non-hydrogen) atoms. The van der Waals surface area contributed by atoms with Crippen molar-refractivity contribution < 1.29 is 19.8 Å². The van der Waals surface area contributed by atoms with E-state index in [4.69, 9.17) is 5.11 Å². The fraction of sp³-hybridized carbons (Fsp3) is 0.857. The van der Waals surface area contributed by atoms with Crippen molar-refractivity contribution >= 4 is 12.0 Å². The van der Waals surface area contributed by atoms with Crippen LogP contribution < -0.4 is 5.32 Å². The lowest BCUT2D eigenvalue weighted by Gasteiger charge is -2.25. The van der Waals surface area contributed by atoms with E-state index in [1.54, 1.807) is 11.8 Å². The molecule has 1 heterocycles. The van der Waals surface area contributed by atoms with E-state index in [9.17, 15) is 14.7 Å². The average molecular weight is 286 g/mol. The third-order valence-electron chi connectivity index (χ3n) is 3.65. The van der Waals surface area contributed by atoms with Crippen molar-refractivity contribution in [3.05, 3.63) is 0 Å². The van der Waals surface area contributed by atoms with Gasteiger partial charge in [-0.1, -0.05) is 13.8 Å². The van der Waals surface area contributed by atoms with Gasteiger partial charge in [0.15, 0.2) is 0 Å². The number of urea groups is 1. The van der Waals surface area contributed by atoms with Gasteiger partial charge in [-0.3, -0.25) is 0 Å². The number of carboxylic acid groups (broad SMARTS) is 1. The number of aliphatic carboxylic acids is 1. The summed E-state index contributed by atoms with van der Waals surface area (Å²) in [6.07, 6.45) is 2.31. The van der Waals surface area contributed by atoms with Crippen LogP contribution in [0.1, 0.15) is 46.5 Å². The molecule has 0 radical (unpaired) electrons. The second-order valence-corrected chi connectivity index (χ2v) is 6.31. The maximum absolute atomic E-state index is 12.1. The van der Waals surface area contributed by atoms with Crippen LogP contribution in [0.5, 0.6) is 0 Å². The van der Waals surface area contributed by atoms with Crippen LogP contribution in [0, 0.1) is 5.92 Å². The third-order valence-corrected chi connectivity index (χ3v) is 3.65. The van der Waals surface area contributed by atoms with Crippen molar-refractivity contribution in [1.29, 1.82) is 0 Å². The second-order valence-electron chi connectivity index (χ2n) is 6.31. The molecule has 0 aromatic rings. The molecule has 1 fully saturated rings. The zero-order valence-corrected chi connectivity index (χ0v) is 12.6. The van der Waals surface area contributed by atoms with Crippen molar-refractivity contribution in [1.82, 2.24) is 10.2 Å². The number of amides is 2. The van der Waals surface area contributed by atoms with Crippen molar-refractivity contribution in [2.24, 2.45) is 5.92 Å². The zero-order chi connectivity index (χ0) is 15.3. The zero-order valence-electron chi connectivity index (χ0n) is 12.6. The Morgan fingerprint density at radius 3 is 2.50 bits per heavy atom. The lowest BCUT2D eigenvalue weighted by atomic mass is 9.98. The van der Waals surface area contributed by atoms with Crippen LogP contribution in [0.2, 0.25) is 0 Å². The van der Waals surface area contributed by atoms with Crippen LogP contribution in [0.4, 0.5) is 4.79 Å². The fourth-order valence-electron chi connectivity index (χ4n) is 2.40. The van der Waals surface area contributed by atoms with Gasteiger partial charge in [-0.25, -0.2) is 9.59 Å². The molecule has 2 atom stereocenters. The molecule has 6 heteroatoms. The standard InChI is InChI=1S/C14H26N2O4/c1-10(2)9-11(12(17)18)15-13(19)16-7-4-5-14(3,20)6-8-16/h10-11,20H,4-9H2,1-3H3,(H,15,19)(H,17,18)/t11-,14?/m0/s1. The van der Waals surface area contributed by atoms with E-state index in [-0.39, 0.29) is 11.9 Å². The third kappa shape index (κ3) is 5.36. The summed E-state index contributed by atoms with van der Waals surface area (Å²) in [7, 11) is 0. The number of aliphatic hydroxyl groups is 1. The molecule has 0 aromatic heterocycles. The topological polar surface area (TPSA) is 89.9 Å². The number of carbonyl (C=O) groups is 2. The summed E-state index contributed by atoms with van der Waals surface area (Å²) in [6, 6.07) is -1.21. The van der Waals surface area contributed by atoms with Crippen LogP contribution in [0.25, 0.3) is 0 Å². The fourth-order valence-corrected chi connectivity index (χ4v) is 2.40. The molecule has 0 aliphatic carbocycles. The van der Waals surface area contributed by atoms with Crippen LogP contribution in [0.15, 0.2) is 0 Å². The maximum atomic E-state index is 12.1. The smallest absolute Gasteiger partial charge is 0.326 e. The Kier molecular flexibility index (Phi) is 5.80. The lowest BCUT2D eigenvalue weighted by Crippen LogP contribution is -2.48. The highest BCUT2D eigenvalue weighted by Crippen LogP contribution is 2.21. The van der Waals surface area contributed by atoms with Gasteiger partial charge in [0.1, 0.15) is 6.04 Å². The van der Waals surface area contributed by atoms with Gasteiger partial charge in [0.2, 0.25) is 0 Å². The van der Waals surface area contributed by atoms with Crippen molar-refractivity contribution in [2.45, 2.75) is 58.1 Å². The van der Waals surface area contributed by atoms with Crippen LogP contribution in [0.3, 0.4) is 0 Å². The van der Waals surface area contributed by atoms with Crippen LogP contribution in [-0.2, 0) is 4.79 Å². The number of carbonyl (C=O) groups excluding carboxylic acids is 1. The van der Waals surface area contributed by atoms with Gasteiger partial charge in [-0.05, 0) is 38.5 Å². The van der Waals surface area contributed by atoms with Crippen molar-refractivity contribution in [3.63, 3.8) is 0 Å². The van der Waals surface area contributed by atoms with Gasteiger partial charge in [-0.15, -0.1) is 0 Å². The van der Waals surface area contributed by atoms with Gasteiger partial charge in [-0.2, -0.15) is 0 Å². The summed E-state index contributed by atoms with van der Waals surface area (Å²) >= 11 is 0. The largest absolute Gasteiger partial charge is 0.480 e. The Balaban J connectivity index is 2.58. The first kappa shape index (κ1) is 16.8. The first-order chi connectivity index (χ1) is 9.21. The quantitative estimate of drug-likeness (QED) is 0.729. The number of likely N-dealkylation sites (tertiary alicyclic amines) is 1. The van der Waals surface area contributed by atoms with Crippen LogP contribution in [-0.4, -0.2) is 51.8 Å². The van der Waals surface area contributed by atoms with Crippen molar-refractivity contribution in [2.75, 3.05) is 13.1 Å². The van der Waals surface area contributed by atoms with E-state index >= 15 is 0 Å². The summed E-state index contributed by atoms with van der Waals surface area (Å²) in [5, 5.41) is 21.7. The van der Waals surface area contributed by atoms with Gasteiger partial charge >= 0.3 is 12.0 Å². The Bertz CT molecular complexity index is 355. The molecule has 3 N–H and O–H groups in total. The lowest BCUT2D eigenvalue weighted by molar-refractivity contribution is -0.139. The number of nitrogens with zero attached hydrogens (tertiary/aromatic N) is 1. The SMILES string of the molecule is CC(C)C[C@H](NC(=O)N1CCCC(C)(O)CC1)C(=O)O. The molecular formula is C14H26N2O4. The van der Waals surface area contributed by atoms with Gasteiger partial charge in [0.25, 0.3) is 0 Å². The van der Waals surface area contributed by atoms with E-state index < -0.39 is 17.6 Å². The predicted molar refractivity (Wildman–Crippen MR) is 75.5 cm³/mol. The molecule has 6 nitrogen and oxygen atoms in total. The first-order valence-corrected chi connectivity index (χ1v) is 7.22. The highest BCUT2D eigenvalue weighted by atomic mass is 16.4. The van der Waals surface area contributed by atoms with E-state index in [0.717, 1.165) is 6.42 Å².